The van der Waals surface area contributed by atoms with Gasteiger partial charge in [-0.25, -0.2) is 4.79 Å². The van der Waals surface area contributed by atoms with E-state index < -0.39 is 5.97 Å². The third-order valence-electron chi connectivity index (χ3n) is 2.73. The van der Waals surface area contributed by atoms with Crippen molar-refractivity contribution < 1.29 is 9.90 Å². The van der Waals surface area contributed by atoms with E-state index in [0.29, 0.717) is 5.56 Å². The van der Waals surface area contributed by atoms with Crippen LogP contribution >= 0.6 is 22.6 Å². The fourth-order valence-corrected chi connectivity index (χ4v) is 2.52. The molecule has 0 aliphatic carbocycles. The third-order valence-corrected chi connectivity index (χ3v) is 3.40. The van der Waals surface area contributed by atoms with Gasteiger partial charge in [-0.1, -0.05) is 6.07 Å². The summed E-state index contributed by atoms with van der Waals surface area (Å²) in [5, 5.41) is 9.09. The number of carbonyl (C=O) groups is 1. The summed E-state index contributed by atoms with van der Waals surface area (Å²) < 4.78 is 3.09. The molecule has 0 amide bonds. The molecule has 1 N–H and O–H groups in total. The fraction of sp³-hybridized carbons (Fsp3) is 0.154. The Morgan fingerprint density at radius 1 is 1.29 bits per heavy atom. The summed E-state index contributed by atoms with van der Waals surface area (Å²) in [4.78, 5) is 11.1. The minimum atomic E-state index is -0.880. The lowest BCUT2D eigenvalue weighted by Crippen LogP contribution is -2.02. The summed E-state index contributed by atoms with van der Waals surface area (Å²) in [6.07, 6.45) is 0. The lowest BCUT2D eigenvalue weighted by Gasteiger charge is -2.09. The molecule has 0 saturated carbocycles. The van der Waals surface area contributed by atoms with Gasteiger partial charge in [0, 0.05) is 20.6 Å². The van der Waals surface area contributed by atoms with Crippen molar-refractivity contribution in [2.24, 2.45) is 0 Å². The molecule has 0 atom stereocenters. The molecule has 0 saturated heterocycles. The number of carboxylic acid groups (broad SMARTS) is 1. The van der Waals surface area contributed by atoms with Gasteiger partial charge in [0.25, 0.3) is 0 Å². The first kappa shape index (κ1) is 12.2. The van der Waals surface area contributed by atoms with Crippen molar-refractivity contribution in [3.05, 3.63) is 50.9 Å². The number of aryl methyl sites for hydroxylation is 1. The Balaban J connectivity index is 2.64. The number of rotatable bonds is 2. The minimum absolute atomic E-state index is 0.362. The van der Waals surface area contributed by atoms with E-state index >= 15 is 0 Å². The number of nitrogens with zero attached hydrogens (tertiary/aromatic N) is 1. The molecule has 0 radical (unpaired) electrons. The van der Waals surface area contributed by atoms with Crippen molar-refractivity contribution in [1.29, 1.82) is 0 Å². The van der Waals surface area contributed by atoms with E-state index in [9.17, 15) is 4.79 Å². The summed E-state index contributed by atoms with van der Waals surface area (Å²) in [5.41, 5.74) is 3.06. The van der Waals surface area contributed by atoms with E-state index in [1.54, 1.807) is 6.07 Å². The molecule has 1 heterocycles. The summed E-state index contributed by atoms with van der Waals surface area (Å²) >= 11 is 2.25. The second kappa shape index (κ2) is 4.52. The molecule has 0 bridgehead atoms. The number of halogens is 1. The summed E-state index contributed by atoms with van der Waals surface area (Å²) in [6, 6.07) is 9.70. The predicted octanol–water partition coefficient (Wildman–Crippen LogP) is 3.40. The van der Waals surface area contributed by atoms with Crippen molar-refractivity contribution in [1.82, 2.24) is 4.57 Å². The molecule has 0 fully saturated rings. The van der Waals surface area contributed by atoms with E-state index in [2.05, 4.69) is 22.6 Å². The van der Waals surface area contributed by atoms with Crippen LogP contribution in [0.3, 0.4) is 0 Å². The first-order valence-electron chi connectivity index (χ1n) is 5.19. The van der Waals surface area contributed by atoms with Gasteiger partial charge in [-0.3, -0.25) is 0 Å². The van der Waals surface area contributed by atoms with Crippen LogP contribution in [0.1, 0.15) is 21.7 Å². The zero-order chi connectivity index (χ0) is 12.6. The van der Waals surface area contributed by atoms with Crippen LogP contribution in [0.4, 0.5) is 0 Å². The van der Waals surface area contributed by atoms with E-state index in [4.69, 9.17) is 5.11 Å². The molecular weight excluding hydrogens is 329 g/mol. The third kappa shape index (κ3) is 2.22. The monoisotopic (exact) mass is 341 g/mol. The molecule has 1 aromatic carbocycles. The number of carboxylic acids is 1. The summed E-state index contributed by atoms with van der Waals surface area (Å²) in [7, 11) is 0. The van der Waals surface area contributed by atoms with E-state index in [0.717, 1.165) is 20.6 Å². The highest BCUT2D eigenvalue weighted by Gasteiger charge is 2.15. The molecule has 0 unspecified atom stereocenters. The van der Waals surface area contributed by atoms with Gasteiger partial charge < -0.3 is 9.67 Å². The Bertz CT molecular complexity index is 587. The Morgan fingerprint density at radius 2 is 2.00 bits per heavy atom. The number of hydrogen-bond acceptors (Lipinski definition) is 1. The van der Waals surface area contributed by atoms with Gasteiger partial charge >= 0.3 is 5.97 Å². The maximum atomic E-state index is 11.1. The van der Waals surface area contributed by atoms with Gasteiger partial charge in [0.15, 0.2) is 0 Å². The second-order valence-corrected chi connectivity index (χ2v) is 5.15. The minimum Gasteiger partial charge on any atom is -0.478 e. The zero-order valence-electron chi connectivity index (χ0n) is 9.57. The van der Waals surface area contributed by atoms with Gasteiger partial charge in [-0.15, -0.1) is 0 Å². The Kier molecular flexibility index (Phi) is 3.24. The summed E-state index contributed by atoms with van der Waals surface area (Å²) in [5.74, 6) is -0.880. The number of hydrogen-bond donors (Lipinski definition) is 1. The van der Waals surface area contributed by atoms with Gasteiger partial charge in [-0.05, 0) is 60.7 Å². The number of aromatic carboxylic acids is 1. The Labute approximate surface area is 113 Å². The molecule has 0 aliphatic heterocycles. The molecule has 88 valence electrons. The fourth-order valence-electron chi connectivity index (χ4n) is 1.99. The van der Waals surface area contributed by atoms with Gasteiger partial charge in [0.1, 0.15) is 0 Å². The normalized spacial score (nSPS) is 10.5. The summed E-state index contributed by atoms with van der Waals surface area (Å²) in [6.45, 7) is 3.75. The number of benzene rings is 1. The van der Waals surface area contributed by atoms with Crippen LogP contribution in [-0.2, 0) is 0 Å². The molecule has 3 nitrogen and oxygen atoms in total. The molecular formula is C13H12INO2. The standard InChI is InChI=1S/C13H12INO2/c1-8-6-12(13(16)17)9(2)15(8)11-5-3-4-10(14)7-11/h3-7H,1-2H3,(H,16,17). The van der Waals surface area contributed by atoms with Crippen molar-refractivity contribution >= 4 is 28.6 Å². The first-order chi connectivity index (χ1) is 8.00. The van der Waals surface area contributed by atoms with Crippen molar-refractivity contribution in [2.45, 2.75) is 13.8 Å². The van der Waals surface area contributed by atoms with Gasteiger partial charge in [-0.2, -0.15) is 0 Å². The maximum Gasteiger partial charge on any atom is 0.337 e. The molecule has 17 heavy (non-hydrogen) atoms. The van der Waals surface area contributed by atoms with E-state index in [1.165, 1.54) is 0 Å². The van der Waals surface area contributed by atoms with Crippen LogP contribution in [0.15, 0.2) is 30.3 Å². The predicted molar refractivity (Wildman–Crippen MR) is 74.9 cm³/mol. The first-order valence-corrected chi connectivity index (χ1v) is 6.27. The van der Waals surface area contributed by atoms with Gasteiger partial charge in [0.05, 0.1) is 5.56 Å². The average Bonchev–Trinajstić information content (AvgIpc) is 2.54. The molecule has 2 aromatic rings. The smallest absolute Gasteiger partial charge is 0.337 e. The van der Waals surface area contributed by atoms with E-state index in [-0.39, 0.29) is 0 Å². The SMILES string of the molecule is Cc1cc(C(=O)O)c(C)n1-c1cccc(I)c1. The molecule has 4 heteroatoms. The van der Waals surface area contributed by atoms with Crippen LogP contribution in [-0.4, -0.2) is 15.6 Å². The topological polar surface area (TPSA) is 42.2 Å². The largest absolute Gasteiger partial charge is 0.478 e. The highest BCUT2D eigenvalue weighted by atomic mass is 127. The van der Waals surface area contributed by atoms with Crippen molar-refractivity contribution in [3.8, 4) is 5.69 Å². The molecule has 2 rings (SSSR count). The quantitative estimate of drug-likeness (QED) is 0.851. The van der Waals surface area contributed by atoms with Crippen molar-refractivity contribution in [2.75, 3.05) is 0 Å². The number of aromatic nitrogens is 1. The highest BCUT2D eigenvalue weighted by molar-refractivity contribution is 14.1. The van der Waals surface area contributed by atoms with Crippen LogP contribution in [0.2, 0.25) is 0 Å². The Hall–Kier alpha value is -1.30. The second-order valence-electron chi connectivity index (χ2n) is 3.91. The lowest BCUT2D eigenvalue weighted by atomic mass is 10.2. The van der Waals surface area contributed by atoms with Crippen LogP contribution in [0.5, 0.6) is 0 Å². The molecule has 0 spiro atoms. The van der Waals surface area contributed by atoms with Crippen LogP contribution in [0, 0.1) is 17.4 Å². The molecule has 0 aliphatic rings. The molecule has 1 aromatic heterocycles. The Morgan fingerprint density at radius 3 is 2.53 bits per heavy atom. The average molecular weight is 341 g/mol. The van der Waals surface area contributed by atoms with Crippen molar-refractivity contribution in [3.63, 3.8) is 0 Å². The zero-order valence-corrected chi connectivity index (χ0v) is 11.7. The highest BCUT2D eigenvalue weighted by Crippen LogP contribution is 2.21. The van der Waals surface area contributed by atoms with Crippen LogP contribution < -0.4 is 0 Å². The maximum absolute atomic E-state index is 11.1. The van der Waals surface area contributed by atoms with Gasteiger partial charge in [0.2, 0.25) is 0 Å². The van der Waals surface area contributed by atoms with E-state index in [1.807, 2.05) is 42.7 Å². The van der Waals surface area contributed by atoms with Crippen LogP contribution in [0.25, 0.3) is 5.69 Å². The lowest BCUT2D eigenvalue weighted by molar-refractivity contribution is 0.0696.